The van der Waals surface area contributed by atoms with Crippen molar-refractivity contribution < 1.29 is 19.4 Å². The summed E-state index contributed by atoms with van der Waals surface area (Å²) in [5.74, 6) is -1.68. The average molecular weight is 240 g/mol. The molecule has 1 fully saturated rings. The van der Waals surface area contributed by atoms with Gasteiger partial charge in [0.25, 0.3) is 0 Å². The summed E-state index contributed by atoms with van der Waals surface area (Å²) in [5.41, 5.74) is -0.265. The summed E-state index contributed by atoms with van der Waals surface area (Å²) >= 11 is 0. The molecule has 3 atom stereocenters. The molecule has 0 amide bonds. The van der Waals surface area contributed by atoms with E-state index in [9.17, 15) is 9.59 Å². The number of aliphatic carboxylic acids is 1. The predicted molar refractivity (Wildman–Crippen MR) is 63.4 cm³/mol. The molecule has 1 unspecified atom stereocenters. The largest absolute Gasteiger partial charge is 0.481 e. The Morgan fingerprint density at radius 1 is 1.47 bits per heavy atom. The van der Waals surface area contributed by atoms with Crippen molar-refractivity contribution in [1.82, 2.24) is 0 Å². The van der Waals surface area contributed by atoms with Gasteiger partial charge in [-0.05, 0) is 24.7 Å². The molecule has 0 aliphatic heterocycles. The van der Waals surface area contributed by atoms with E-state index in [0.29, 0.717) is 0 Å². The van der Waals surface area contributed by atoms with Crippen LogP contribution in [0.25, 0.3) is 0 Å². The molecule has 0 spiro atoms. The molecule has 4 heteroatoms. The van der Waals surface area contributed by atoms with Crippen LogP contribution in [0.15, 0.2) is 12.2 Å². The maximum Gasteiger partial charge on any atom is 0.330 e. The van der Waals surface area contributed by atoms with Crippen molar-refractivity contribution in [3.8, 4) is 0 Å². The van der Waals surface area contributed by atoms with Gasteiger partial charge in [-0.3, -0.25) is 4.79 Å². The standard InChI is InChI=1S/C13H20O4/c1-5-8(2)17-10(14)7-6-9-11(12(15)16)13(9,3)4/h6-9,11H,5H2,1-4H3,(H,15,16)/b7-6-/t8?,9-,11-/m0/s1. The number of ether oxygens (including phenoxy) is 1. The molecule has 0 heterocycles. The first-order valence-electron chi connectivity index (χ1n) is 5.92. The van der Waals surface area contributed by atoms with Crippen LogP contribution in [0.5, 0.6) is 0 Å². The second-order valence-corrected chi connectivity index (χ2v) is 5.18. The molecule has 0 radical (unpaired) electrons. The van der Waals surface area contributed by atoms with Crippen molar-refractivity contribution in [2.45, 2.75) is 40.2 Å². The molecular formula is C13H20O4. The molecule has 0 aromatic rings. The van der Waals surface area contributed by atoms with Crippen molar-refractivity contribution in [2.24, 2.45) is 17.3 Å². The van der Waals surface area contributed by atoms with E-state index in [1.165, 1.54) is 6.08 Å². The molecule has 4 nitrogen and oxygen atoms in total. The molecule has 1 N–H and O–H groups in total. The van der Waals surface area contributed by atoms with Crippen LogP contribution >= 0.6 is 0 Å². The molecule has 0 aromatic heterocycles. The summed E-state index contributed by atoms with van der Waals surface area (Å²) in [6, 6.07) is 0. The number of rotatable bonds is 5. The lowest BCUT2D eigenvalue weighted by atomic mass is 10.1. The number of carboxylic acids is 1. The quantitative estimate of drug-likeness (QED) is 0.591. The van der Waals surface area contributed by atoms with Gasteiger partial charge in [0.05, 0.1) is 12.0 Å². The Kier molecular flexibility index (Phi) is 3.96. The van der Waals surface area contributed by atoms with E-state index < -0.39 is 17.9 Å². The molecular weight excluding hydrogens is 220 g/mol. The third kappa shape index (κ3) is 3.08. The van der Waals surface area contributed by atoms with Gasteiger partial charge >= 0.3 is 11.9 Å². The normalized spacial score (nSPS) is 27.8. The van der Waals surface area contributed by atoms with E-state index in [-0.39, 0.29) is 17.4 Å². The molecule has 1 rings (SSSR count). The highest BCUT2D eigenvalue weighted by atomic mass is 16.5. The van der Waals surface area contributed by atoms with Gasteiger partial charge in [-0.1, -0.05) is 26.8 Å². The van der Waals surface area contributed by atoms with Gasteiger partial charge in [0, 0.05) is 6.08 Å². The van der Waals surface area contributed by atoms with Crippen LogP contribution < -0.4 is 0 Å². The topological polar surface area (TPSA) is 63.6 Å². The molecule has 17 heavy (non-hydrogen) atoms. The smallest absolute Gasteiger partial charge is 0.330 e. The first-order valence-corrected chi connectivity index (χ1v) is 5.92. The Balaban J connectivity index is 2.51. The predicted octanol–water partition coefficient (Wildman–Crippen LogP) is 2.24. The zero-order valence-corrected chi connectivity index (χ0v) is 10.8. The van der Waals surface area contributed by atoms with Gasteiger partial charge in [0.1, 0.15) is 0 Å². The summed E-state index contributed by atoms with van der Waals surface area (Å²) < 4.78 is 5.07. The highest BCUT2D eigenvalue weighted by Gasteiger charge is 2.60. The second kappa shape index (κ2) is 4.90. The minimum absolute atomic E-state index is 0.0792. The Hall–Kier alpha value is -1.32. The van der Waals surface area contributed by atoms with Crippen LogP contribution in [0.4, 0.5) is 0 Å². The van der Waals surface area contributed by atoms with Gasteiger partial charge in [-0.2, -0.15) is 0 Å². The van der Waals surface area contributed by atoms with E-state index in [4.69, 9.17) is 9.84 Å². The van der Waals surface area contributed by atoms with Gasteiger partial charge in [-0.15, -0.1) is 0 Å². The van der Waals surface area contributed by atoms with E-state index in [2.05, 4.69) is 0 Å². The van der Waals surface area contributed by atoms with E-state index in [0.717, 1.165) is 6.42 Å². The van der Waals surface area contributed by atoms with Crippen molar-refractivity contribution in [1.29, 1.82) is 0 Å². The van der Waals surface area contributed by atoms with Crippen LogP contribution in [-0.2, 0) is 14.3 Å². The van der Waals surface area contributed by atoms with E-state index >= 15 is 0 Å². The molecule has 1 saturated carbocycles. The lowest BCUT2D eigenvalue weighted by molar-refractivity contribution is -0.142. The number of allylic oxidation sites excluding steroid dienone is 1. The maximum absolute atomic E-state index is 11.4. The molecule has 0 saturated heterocycles. The Bertz CT molecular complexity index is 343. The highest BCUT2D eigenvalue weighted by Crippen LogP contribution is 2.58. The molecule has 0 bridgehead atoms. The van der Waals surface area contributed by atoms with Crippen LogP contribution in [-0.4, -0.2) is 23.1 Å². The molecule has 96 valence electrons. The third-order valence-electron chi connectivity index (χ3n) is 3.51. The zero-order valence-electron chi connectivity index (χ0n) is 10.8. The maximum atomic E-state index is 11.4. The average Bonchev–Trinajstić information content (AvgIpc) is 2.77. The highest BCUT2D eigenvalue weighted by molar-refractivity contribution is 5.83. The number of carbonyl (C=O) groups excluding carboxylic acids is 1. The number of hydrogen-bond donors (Lipinski definition) is 1. The first-order chi connectivity index (χ1) is 7.80. The van der Waals surface area contributed by atoms with Crippen molar-refractivity contribution >= 4 is 11.9 Å². The van der Waals surface area contributed by atoms with Crippen molar-refractivity contribution in [3.05, 3.63) is 12.2 Å². The van der Waals surface area contributed by atoms with E-state index in [1.54, 1.807) is 6.08 Å². The zero-order chi connectivity index (χ0) is 13.2. The summed E-state index contributed by atoms with van der Waals surface area (Å²) in [4.78, 5) is 22.3. The third-order valence-corrected chi connectivity index (χ3v) is 3.51. The number of esters is 1. The fourth-order valence-corrected chi connectivity index (χ4v) is 2.01. The van der Waals surface area contributed by atoms with Crippen LogP contribution in [0, 0.1) is 17.3 Å². The van der Waals surface area contributed by atoms with Crippen molar-refractivity contribution in [2.75, 3.05) is 0 Å². The van der Waals surface area contributed by atoms with Gasteiger partial charge in [-0.25, -0.2) is 4.79 Å². The summed E-state index contributed by atoms with van der Waals surface area (Å²) in [6.45, 7) is 7.54. The lowest BCUT2D eigenvalue weighted by Gasteiger charge is -2.07. The monoisotopic (exact) mass is 240 g/mol. The summed E-state index contributed by atoms with van der Waals surface area (Å²) in [5, 5.41) is 8.96. The molecule has 1 aliphatic carbocycles. The fourth-order valence-electron chi connectivity index (χ4n) is 2.01. The minimum atomic E-state index is -0.806. The van der Waals surface area contributed by atoms with Gasteiger partial charge in [0.2, 0.25) is 0 Å². The second-order valence-electron chi connectivity index (χ2n) is 5.18. The summed E-state index contributed by atoms with van der Waals surface area (Å²) in [7, 11) is 0. The van der Waals surface area contributed by atoms with Gasteiger partial charge in [0.15, 0.2) is 0 Å². The molecule has 0 aromatic carbocycles. The number of hydrogen-bond acceptors (Lipinski definition) is 3. The number of carboxylic acid groups (broad SMARTS) is 1. The van der Waals surface area contributed by atoms with Gasteiger partial charge < -0.3 is 9.84 Å². The SMILES string of the molecule is CCC(C)OC(=O)/C=C\[C@H]1[C@@H](C(=O)O)C1(C)C. The minimum Gasteiger partial charge on any atom is -0.481 e. The van der Waals surface area contributed by atoms with E-state index in [1.807, 2.05) is 27.7 Å². The fraction of sp³-hybridized carbons (Fsp3) is 0.692. The Morgan fingerprint density at radius 2 is 2.06 bits per heavy atom. The number of carbonyl (C=O) groups is 2. The summed E-state index contributed by atoms with van der Waals surface area (Å²) in [6.07, 6.45) is 3.67. The van der Waals surface area contributed by atoms with Crippen LogP contribution in [0.1, 0.15) is 34.1 Å². The Morgan fingerprint density at radius 3 is 2.47 bits per heavy atom. The lowest BCUT2D eigenvalue weighted by Crippen LogP contribution is -2.11. The van der Waals surface area contributed by atoms with Crippen LogP contribution in [0.3, 0.4) is 0 Å². The van der Waals surface area contributed by atoms with Crippen molar-refractivity contribution in [3.63, 3.8) is 0 Å². The first kappa shape index (κ1) is 13.7. The van der Waals surface area contributed by atoms with Crippen LogP contribution in [0.2, 0.25) is 0 Å². The Labute approximate surface area is 102 Å². The molecule has 1 aliphatic rings.